The Morgan fingerprint density at radius 1 is 1.28 bits per heavy atom. The maximum Gasteiger partial charge on any atom is 0.227 e. The van der Waals surface area contributed by atoms with Crippen LogP contribution in [-0.2, 0) is 24.2 Å². The molecule has 0 aliphatic carbocycles. The highest BCUT2D eigenvalue weighted by atomic mass is 79.9. The molecule has 0 radical (unpaired) electrons. The number of methoxy groups -OCH3 is 1. The van der Waals surface area contributed by atoms with Crippen LogP contribution in [0.4, 0.5) is 0 Å². The van der Waals surface area contributed by atoms with Crippen molar-refractivity contribution in [3.05, 3.63) is 63.8 Å². The highest BCUT2D eigenvalue weighted by molar-refractivity contribution is 9.10. The van der Waals surface area contributed by atoms with Gasteiger partial charge in [-0.05, 0) is 29.8 Å². The number of fused-ring (bicyclic) bond motifs is 3. The van der Waals surface area contributed by atoms with Crippen molar-refractivity contribution in [1.29, 1.82) is 0 Å². The van der Waals surface area contributed by atoms with Gasteiger partial charge in [-0.15, -0.1) is 0 Å². The molecule has 0 spiro atoms. The van der Waals surface area contributed by atoms with Gasteiger partial charge < -0.3 is 14.6 Å². The molecule has 1 aliphatic rings. The molecule has 5 heteroatoms. The van der Waals surface area contributed by atoms with Gasteiger partial charge >= 0.3 is 0 Å². The van der Waals surface area contributed by atoms with Gasteiger partial charge in [0.1, 0.15) is 5.75 Å². The summed E-state index contributed by atoms with van der Waals surface area (Å²) < 4.78 is 6.33. The Bertz CT molecular complexity index is 948. The van der Waals surface area contributed by atoms with E-state index in [9.17, 15) is 4.79 Å². The maximum atomic E-state index is 12.8. The van der Waals surface area contributed by atoms with Crippen LogP contribution in [0.2, 0.25) is 0 Å². The largest absolute Gasteiger partial charge is 0.497 e. The zero-order valence-electron chi connectivity index (χ0n) is 14.0. The molecule has 3 aromatic rings. The predicted octanol–water partition coefficient (Wildman–Crippen LogP) is 4.07. The normalized spacial score (nSPS) is 13.8. The van der Waals surface area contributed by atoms with Gasteiger partial charge in [-0.1, -0.05) is 34.1 Å². The fraction of sp³-hybridized carbons (Fsp3) is 0.250. The Morgan fingerprint density at radius 3 is 2.92 bits per heavy atom. The Morgan fingerprint density at radius 2 is 2.12 bits per heavy atom. The van der Waals surface area contributed by atoms with Crippen LogP contribution in [-0.4, -0.2) is 29.4 Å². The zero-order chi connectivity index (χ0) is 17.4. The van der Waals surface area contributed by atoms with Crippen LogP contribution >= 0.6 is 15.9 Å². The van der Waals surface area contributed by atoms with Crippen molar-refractivity contribution >= 4 is 32.7 Å². The summed E-state index contributed by atoms with van der Waals surface area (Å²) in [6.45, 7) is 1.39. The summed E-state index contributed by atoms with van der Waals surface area (Å²) in [5, 5.41) is 1.15. The van der Waals surface area contributed by atoms with E-state index >= 15 is 0 Å². The molecule has 2 heterocycles. The molecule has 0 saturated carbocycles. The van der Waals surface area contributed by atoms with Crippen molar-refractivity contribution in [1.82, 2.24) is 9.88 Å². The van der Waals surface area contributed by atoms with Crippen molar-refractivity contribution in [2.75, 3.05) is 13.7 Å². The summed E-state index contributed by atoms with van der Waals surface area (Å²) in [7, 11) is 1.67. The standard InChI is InChI=1S/C20H19BrN2O2/c1-25-14-6-7-18-15(11-14)16-12-23(9-8-19(16)22-18)20(24)10-13-4-2-3-5-17(13)21/h2-7,11,22H,8-10,12H2,1H3. The van der Waals surface area contributed by atoms with Crippen LogP contribution in [0.5, 0.6) is 5.75 Å². The van der Waals surface area contributed by atoms with Crippen LogP contribution < -0.4 is 4.74 Å². The molecule has 128 valence electrons. The van der Waals surface area contributed by atoms with E-state index in [1.807, 2.05) is 47.4 Å². The van der Waals surface area contributed by atoms with Gasteiger partial charge in [-0.25, -0.2) is 0 Å². The van der Waals surface area contributed by atoms with Crippen molar-refractivity contribution in [3.63, 3.8) is 0 Å². The number of aromatic amines is 1. The second-order valence-electron chi connectivity index (χ2n) is 6.33. The fourth-order valence-corrected chi connectivity index (χ4v) is 3.87. The first-order chi connectivity index (χ1) is 12.2. The molecule has 0 saturated heterocycles. The number of benzene rings is 2. The zero-order valence-corrected chi connectivity index (χ0v) is 15.6. The molecule has 1 aromatic heterocycles. The Kier molecular flexibility index (Phi) is 4.25. The second-order valence-corrected chi connectivity index (χ2v) is 7.18. The number of aromatic nitrogens is 1. The average Bonchev–Trinajstić information content (AvgIpc) is 3.00. The summed E-state index contributed by atoms with van der Waals surface area (Å²) in [4.78, 5) is 18.2. The van der Waals surface area contributed by atoms with E-state index in [0.717, 1.165) is 39.7 Å². The minimum Gasteiger partial charge on any atom is -0.497 e. The third kappa shape index (κ3) is 3.04. The molecule has 0 atom stereocenters. The number of ether oxygens (including phenoxy) is 1. The lowest BCUT2D eigenvalue weighted by Gasteiger charge is -2.27. The minimum atomic E-state index is 0.162. The van der Waals surface area contributed by atoms with Gasteiger partial charge in [-0.2, -0.15) is 0 Å². The quantitative estimate of drug-likeness (QED) is 0.722. The number of amides is 1. The fourth-order valence-electron chi connectivity index (χ4n) is 3.45. The molecular weight excluding hydrogens is 380 g/mol. The summed E-state index contributed by atoms with van der Waals surface area (Å²) in [5.41, 5.74) is 4.57. The monoisotopic (exact) mass is 398 g/mol. The van der Waals surface area contributed by atoms with Gasteiger partial charge in [-0.3, -0.25) is 4.79 Å². The van der Waals surface area contributed by atoms with Crippen LogP contribution in [0.15, 0.2) is 46.9 Å². The van der Waals surface area contributed by atoms with Crippen LogP contribution in [0.3, 0.4) is 0 Å². The van der Waals surface area contributed by atoms with E-state index in [-0.39, 0.29) is 5.91 Å². The predicted molar refractivity (Wildman–Crippen MR) is 102 cm³/mol. The van der Waals surface area contributed by atoms with Gasteiger partial charge in [0.2, 0.25) is 5.91 Å². The van der Waals surface area contributed by atoms with E-state index < -0.39 is 0 Å². The summed E-state index contributed by atoms with van der Waals surface area (Å²) in [6.07, 6.45) is 1.27. The molecular formula is C20H19BrN2O2. The molecule has 1 N–H and O–H groups in total. The van der Waals surface area contributed by atoms with Crippen molar-refractivity contribution in [2.45, 2.75) is 19.4 Å². The van der Waals surface area contributed by atoms with Crippen molar-refractivity contribution < 1.29 is 9.53 Å². The molecule has 25 heavy (non-hydrogen) atoms. The molecule has 0 fully saturated rings. The smallest absolute Gasteiger partial charge is 0.227 e. The van der Waals surface area contributed by atoms with Crippen molar-refractivity contribution in [3.8, 4) is 5.75 Å². The van der Waals surface area contributed by atoms with E-state index in [4.69, 9.17) is 4.74 Å². The molecule has 2 aromatic carbocycles. The number of carbonyl (C=O) groups is 1. The first kappa shape index (κ1) is 16.2. The van der Waals surface area contributed by atoms with E-state index in [1.165, 1.54) is 11.3 Å². The lowest BCUT2D eigenvalue weighted by molar-refractivity contribution is -0.131. The van der Waals surface area contributed by atoms with Gasteiger partial charge in [0, 0.05) is 46.1 Å². The first-order valence-electron chi connectivity index (χ1n) is 8.34. The molecule has 4 nitrogen and oxygen atoms in total. The highest BCUT2D eigenvalue weighted by Crippen LogP contribution is 2.30. The number of rotatable bonds is 3. The maximum absolute atomic E-state index is 12.8. The number of H-pyrrole nitrogens is 1. The summed E-state index contributed by atoms with van der Waals surface area (Å²) in [5.74, 6) is 1.00. The van der Waals surface area contributed by atoms with Crippen molar-refractivity contribution in [2.24, 2.45) is 0 Å². The van der Waals surface area contributed by atoms with E-state index in [1.54, 1.807) is 7.11 Å². The third-order valence-electron chi connectivity index (χ3n) is 4.83. The molecule has 1 aliphatic heterocycles. The van der Waals surface area contributed by atoms with Crippen LogP contribution in [0.25, 0.3) is 10.9 Å². The Hall–Kier alpha value is -2.27. The van der Waals surface area contributed by atoms with Crippen LogP contribution in [0, 0.1) is 0 Å². The number of nitrogens with zero attached hydrogens (tertiary/aromatic N) is 1. The van der Waals surface area contributed by atoms with Gasteiger partial charge in [0.15, 0.2) is 0 Å². The highest BCUT2D eigenvalue weighted by Gasteiger charge is 2.24. The topological polar surface area (TPSA) is 45.3 Å². The molecule has 0 unspecified atom stereocenters. The average molecular weight is 399 g/mol. The number of nitrogens with one attached hydrogen (secondary N) is 1. The number of hydrogen-bond acceptors (Lipinski definition) is 2. The minimum absolute atomic E-state index is 0.162. The van der Waals surface area contributed by atoms with E-state index in [2.05, 4.69) is 20.9 Å². The third-order valence-corrected chi connectivity index (χ3v) is 5.61. The first-order valence-corrected chi connectivity index (χ1v) is 9.13. The van der Waals surface area contributed by atoms with E-state index in [0.29, 0.717) is 13.0 Å². The number of hydrogen-bond donors (Lipinski definition) is 1. The Balaban J connectivity index is 1.59. The lowest BCUT2D eigenvalue weighted by Crippen LogP contribution is -2.36. The van der Waals surface area contributed by atoms with Gasteiger partial charge in [0.25, 0.3) is 0 Å². The van der Waals surface area contributed by atoms with Crippen LogP contribution in [0.1, 0.15) is 16.8 Å². The Labute approximate surface area is 154 Å². The second kappa shape index (κ2) is 6.56. The lowest BCUT2D eigenvalue weighted by atomic mass is 10.0. The SMILES string of the molecule is COc1ccc2[nH]c3c(c2c1)CN(C(=O)Cc1ccccc1Br)CC3. The summed E-state index contributed by atoms with van der Waals surface area (Å²) >= 11 is 3.53. The molecule has 1 amide bonds. The number of halogens is 1. The number of carbonyl (C=O) groups excluding carboxylic acids is 1. The molecule has 0 bridgehead atoms. The molecule has 4 rings (SSSR count). The summed E-state index contributed by atoms with van der Waals surface area (Å²) in [6, 6.07) is 13.9. The van der Waals surface area contributed by atoms with Gasteiger partial charge in [0.05, 0.1) is 13.5 Å².